The molecule has 0 unspecified atom stereocenters. The number of hydrogen-bond donors (Lipinski definition) is 1. The maximum Gasteiger partial charge on any atom is 0.0593 e. The average molecular weight is 189 g/mol. The molecule has 2 nitrogen and oxygen atoms in total. The van der Waals surface area contributed by atoms with Crippen LogP contribution in [0.15, 0.2) is 12.2 Å². The van der Waals surface area contributed by atoms with Crippen molar-refractivity contribution >= 4 is 12.6 Å². The predicted octanol–water partition coefficient (Wildman–Crippen LogP) is 1.44. The van der Waals surface area contributed by atoms with Gasteiger partial charge in [-0.05, 0) is 14.0 Å². The summed E-state index contributed by atoms with van der Waals surface area (Å²) in [6, 6.07) is 0. The van der Waals surface area contributed by atoms with Gasteiger partial charge in [-0.1, -0.05) is 12.2 Å². The molecule has 0 aliphatic carbocycles. The maximum absolute atomic E-state index is 5.23. The van der Waals surface area contributed by atoms with E-state index in [1.807, 2.05) is 6.92 Å². The molecule has 0 amide bonds. The fraction of sp³-hybridized carbons (Fsp3) is 0.778. The van der Waals surface area contributed by atoms with Crippen LogP contribution in [0.5, 0.6) is 0 Å². The van der Waals surface area contributed by atoms with E-state index in [9.17, 15) is 0 Å². The summed E-state index contributed by atoms with van der Waals surface area (Å²) in [6.45, 7) is 5.61. The predicted molar refractivity (Wildman–Crippen MR) is 57.0 cm³/mol. The molecule has 0 spiro atoms. The minimum Gasteiger partial charge on any atom is -0.380 e. The van der Waals surface area contributed by atoms with Gasteiger partial charge in [0, 0.05) is 25.4 Å². The van der Waals surface area contributed by atoms with Crippen LogP contribution in [-0.2, 0) is 4.74 Å². The number of likely N-dealkylation sites (N-methyl/N-ethyl adjacent to an activating group) is 1. The number of thiol groups is 1. The smallest absolute Gasteiger partial charge is 0.0593 e. The number of rotatable bonds is 7. The summed E-state index contributed by atoms with van der Waals surface area (Å²) in [5.74, 6) is 0.819. The summed E-state index contributed by atoms with van der Waals surface area (Å²) < 4.78 is 5.23. The van der Waals surface area contributed by atoms with Crippen LogP contribution in [0.2, 0.25) is 0 Å². The van der Waals surface area contributed by atoms with E-state index in [1.54, 1.807) is 0 Å². The topological polar surface area (TPSA) is 12.5 Å². The zero-order valence-corrected chi connectivity index (χ0v) is 8.89. The highest BCUT2D eigenvalue weighted by molar-refractivity contribution is 7.80. The van der Waals surface area contributed by atoms with Gasteiger partial charge in [0.1, 0.15) is 0 Å². The highest BCUT2D eigenvalue weighted by Crippen LogP contribution is 1.85. The summed E-state index contributed by atoms with van der Waals surface area (Å²) in [4.78, 5) is 2.22. The van der Waals surface area contributed by atoms with Crippen LogP contribution in [0.3, 0.4) is 0 Å². The molecule has 0 saturated heterocycles. The monoisotopic (exact) mass is 189 g/mol. The van der Waals surface area contributed by atoms with Crippen LogP contribution in [0.4, 0.5) is 0 Å². The van der Waals surface area contributed by atoms with Gasteiger partial charge in [-0.2, -0.15) is 12.6 Å². The van der Waals surface area contributed by atoms with Gasteiger partial charge < -0.3 is 9.64 Å². The third kappa shape index (κ3) is 8.11. The van der Waals surface area contributed by atoms with Crippen LogP contribution in [0.1, 0.15) is 6.92 Å². The third-order valence-corrected chi connectivity index (χ3v) is 1.72. The molecule has 0 atom stereocenters. The quantitative estimate of drug-likeness (QED) is 0.370. The zero-order valence-electron chi connectivity index (χ0n) is 7.99. The Bertz CT molecular complexity index is 117. The van der Waals surface area contributed by atoms with Crippen molar-refractivity contribution in [1.29, 1.82) is 0 Å². The molecule has 0 aromatic heterocycles. The van der Waals surface area contributed by atoms with E-state index < -0.39 is 0 Å². The van der Waals surface area contributed by atoms with Gasteiger partial charge in [0.2, 0.25) is 0 Å². The summed E-state index contributed by atoms with van der Waals surface area (Å²) >= 11 is 4.08. The Morgan fingerprint density at radius 2 is 2.17 bits per heavy atom. The molecule has 72 valence electrons. The molecule has 0 rings (SSSR count). The van der Waals surface area contributed by atoms with Gasteiger partial charge >= 0.3 is 0 Å². The van der Waals surface area contributed by atoms with Crippen molar-refractivity contribution in [2.75, 3.05) is 39.1 Å². The lowest BCUT2D eigenvalue weighted by atomic mass is 10.4. The zero-order chi connectivity index (χ0) is 9.23. The van der Waals surface area contributed by atoms with Gasteiger partial charge in [-0.15, -0.1) is 0 Å². The van der Waals surface area contributed by atoms with Gasteiger partial charge in [0.05, 0.1) is 6.61 Å². The summed E-state index contributed by atoms with van der Waals surface area (Å²) in [6.07, 6.45) is 4.18. The first-order chi connectivity index (χ1) is 5.81. The Balaban J connectivity index is 3.21. The van der Waals surface area contributed by atoms with Crippen molar-refractivity contribution < 1.29 is 4.74 Å². The van der Waals surface area contributed by atoms with E-state index in [2.05, 4.69) is 36.7 Å². The van der Waals surface area contributed by atoms with E-state index in [1.165, 1.54) is 0 Å². The highest BCUT2D eigenvalue weighted by atomic mass is 32.1. The lowest BCUT2D eigenvalue weighted by Gasteiger charge is -2.13. The van der Waals surface area contributed by atoms with Crippen LogP contribution in [-0.4, -0.2) is 44.0 Å². The molecule has 0 bridgehead atoms. The SMILES string of the molecule is CCOCCN(C)C/C=C/CS. The Labute approximate surface area is 81.0 Å². The first-order valence-electron chi connectivity index (χ1n) is 4.33. The second kappa shape index (κ2) is 9.10. The second-order valence-electron chi connectivity index (χ2n) is 2.61. The Morgan fingerprint density at radius 1 is 1.42 bits per heavy atom. The van der Waals surface area contributed by atoms with Crippen LogP contribution < -0.4 is 0 Å². The number of ether oxygens (including phenoxy) is 1. The van der Waals surface area contributed by atoms with Crippen molar-refractivity contribution in [1.82, 2.24) is 4.90 Å². The molecule has 0 aromatic rings. The lowest BCUT2D eigenvalue weighted by Crippen LogP contribution is -2.23. The van der Waals surface area contributed by atoms with Gasteiger partial charge in [0.15, 0.2) is 0 Å². The molecule has 0 aliphatic rings. The largest absolute Gasteiger partial charge is 0.380 e. The second-order valence-corrected chi connectivity index (χ2v) is 2.98. The van der Waals surface area contributed by atoms with Gasteiger partial charge in [-0.25, -0.2) is 0 Å². The van der Waals surface area contributed by atoms with Crippen molar-refractivity contribution in [2.24, 2.45) is 0 Å². The first-order valence-corrected chi connectivity index (χ1v) is 4.96. The van der Waals surface area contributed by atoms with Crippen LogP contribution in [0.25, 0.3) is 0 Å². The molecule has 3 heteroatoms. The summed E-state index contributed by atoms with van der Waals surface area (Å²) in [5.41, 5.74) is 0. The van der Waals surface area contributed by atoms with Gasteiger partial charge in [-0.3, -0.25) is 0 Å². The summed E-state index contributed by atoms with van der Waals surface area (Å²) in [5, 5.41) is 0. The Morgan fingerprint density at radius 3 is 2.75 bits per heavy atom. The molecule has 0 saturated carbocycles. The molecular formula is C9H19NOS. The molecule has 0 radical (unpaired) electrons. The molecule has 0 N–H and O–H groups in total. The number of hydrogen-bond acceptors (Lipinski definition) is 3. The van der Waals surface area contributed by atoms with Crippen LogP contribution in [0, 0.1) is 0 Å². The average Bonchev–Trinajstić information content (AvgIpc) is 2.06. The summed E-state index contributed by atoms with van der Waals surface area (Å²) in [7, 11) is 2.09. The minimum absolute atomic E-state index is 0.806. The maximum atomic E-state index is 5.23. The fourth-order valence-electron chi connectivity index (χ4n) is 0.785. The van der Waals surface area contributed by atoms with E-state index in [-0.39, 0.29) is 0 Å². The third-order valence-electron chi connectivity index (χ3n) is 1.51. The van der Waals surface area contributed by atoms with Crippen molar-refractivity contribution in [3.63, 3.8) is 0 Å². The Kier molecular flexibility index (Phi) is 9.11. The lowest BCUT2D eigenvalue weighted by molar-refractivity contribution is 0.125. The molecule has 0 heterocycles. The Hall–Kier alpha value is 0.01000. The minimum atomic E-state index is 0.806. The van der Waals surface area contributed by atoms with Crippen LogP contribution >= 0.6 is 12.6 Å². The highest BCUT2D eigenvalue weighted by Gasteiger charge is 1.93. The van der Waals surface area contributed by atoms with Crippen molar-refractivity contribution in [2.45, 2.75) is 6.92 Å². The standard InChI is InChI=1S/C9H19NOS/c1-3-11-8-7-10(2)6-4-5-9-12/h4-5,12H,3,6-9H2,1-2H3/b5-4+. The van der Waals surface area contributed by atoms with E-state index in [4.69, 9.17) is 4.74 Å². The molecule has 12 heavy (non-hydrogen) atoms. The normalized spacial score (nSPS) is 11.7. The van der Waals surface area contributed by atoms with Gasteiger partial charge in [0.25, 0.3) is 0 Å². The van der Waals surface area contributed by atoms with Crippen molar-refractivity contribution in [3.8, 4) is 0 Å². The number of nitrogens with zero attached hydrogens (tertiary/aromatic N) is 1. The van der Waals surface area contributed by atoms with Crippen molar-refractivity contribution in [3.05, 3.63) is 12.2 Å². The molecule has 0 aliphatic heterocycles. The van der Waals surface area contributed by atoms with E-state index >= 15 is 0 Å². The first kappa shape index (κ1) is 12.0. The van der Waals surface area contributed by atoms with E-state index in [0.29, 0.717) is 0 Å². The molecule has 0 aromatic carbocycles. The molecular weight excluding hydrogens is 170 g/mol. The van der Waals surface area contributed by atoms with E-state index in [0.717, 1.165) is 32.1 Å². The molecule has 0 fully saturated rings. The fourth-order valence-corrected chi connectivity index (χ4v) is 0.934.